The molecule has 2 aromatic carbocycles. The van der Waals surface area contributed by atoms with Crippen molar-refractivity contribution >= 4 is 33.2 Å². The van der Waals surface area contributed by atoms with Crippen molar-refractivity contribution in [2.75, 3.05) is 28.0 Å². The van der Waals surface area contributed by atoms with Crippen LogP contribution in [0.15, 0.2) is 53.4 Å². The first kappa shape index (κ1) is 21.9. The van der Waals surface area contributed by atoms with Gasteiger partial charge in [-0.05, 0) is 68.7 Å². The maximum atomic E-state index is 13.4. The minimum absolute atomic E-state index is 0.277. The van der Waals surface area contributed by atoms with E-state index in [-0.39, 0.29) is 10.6 Å². The maximum absolute atomic E-state index is 13.4. The summed E-state index contributed by atoms with van der Waals surface area (Å²) in [5.74, 6) is -0.994. The number of piperidine rings is 1. The van der Waals surface area contributed by atoms with E-state index < -0.39 is 21.7 Å². The van der Waals surface area contributed by atoms with Gasteiger partial charge in [0.2, 0.25) is 5.95 Å². The lowest BCUT2D eigenvalue weighted by Gasteiger charge is -2.28. The number of hydrogen-bond acceptors (Lipinski definition) is 6. The van der Waals surface area contributed by atoms with E-state index in [2.05, 4.69) is 24.9 Å². The van der Waals surface area contributed by atoms with Crippen LogP contribution in [-0.4, -0.2) is 31.5 Å². The van der Waals surface area contributed by atoms with Crippen molar-refractivity contribution in [2.24, 2.45) is 0 Å². The number of hydrogen-bond donors (Lipinski definition) is 2. The monoisotopic (exact) mass is 459 g/mol. The molecule has 3 aromatic rings. The number of rotatable bonds is 6. The Morgan fingerprint density at radius 2 is 1.56 bits per heavy atom. The van der Waals surface area contributed by atoms with Crippen LogP contribution in [0.25, 0.3) is 0 Å². The van der Waals surface area contributed by atoms with Gasteiger partial charge in [0.15, 0.2) is 11.6 Å². The summed E-state index contributed by atoms with van der Waals surface area (Å²) in [6.07, 6.45) is 3.53. The third kappa shape index (κ3) is 5.13. The minimum atomic E-state index is -4.06. The summed E-state index contributed by atoms with van der Waals surface area (Å²) in [6.45, 7) is 3.86. The largest absolute Gasteiger partial charge is 0.356 e. The number of halogens is 2. The van der Waals surface area contributed by atoms with Crippen LogP contribution >= 0.6 is 0 Å². The van der Waals surface area contributed by atoms with E-state index >= 15 is 0 Å². The Morgan fingerprint density at radius 3 is 2.25 bits per heavy atom. The van der Waals surface area contributed by atoms with Gasteiger partial charge in [-0.15, -0.1) is 0 Å². The van der Waals surface area contributed by atoms with E-state index in [4.69, 9.17) is 0 Å². The molecule has 0 unspecified atom stereocenters. The molecule has 0 spiro atoms. The molecule has 0 radical (unpaired) electrons. The van der Waals surface area contributed by atoms with Crippen molar-refractivity contribution in [3.63, 3.8) is 0 Å². The number of benzene rings is 2. The summed E-state index contributed by atoms with van der Waals surface area (Å²) in [5.41, 5.74) is 1.80. The molecular formula is C22H23F2N5O2S. The summed E-state index contributed by atoms with van der Waals surface area (Å²) >= 11 is 0. The van der Waals surface area contributed by atoms with Crippen molar-refractivity contribution in [3.05, 3.63) is 65.9 Å². The van der Waals surface area contributed by atoms with Gasteiger partial charge in [-0.1, -0.05) is 0 Å². The topological polar surface area (TPSA) is 87.2 Å². The second kappa shape index (κ2) is 9.07. The molecule has 0 amide bonds. The summed E-state index contributed by atoms with van der Waals surface area (Å²) in [4.78, 5) is 10.9. The summed E-state index contributed by atoms with van der Waals surface area (Å²) < 4.78 is 53.7. The first-order valence-corrected chi connectivity index (χ1v) is 11.7. The van der Waals surface area contributed by atoms with Crippen molar-refractivity contribution < 1.29 is 17.2 Å². The Hall–Kier alpha value is -3.27. The Kier molecular flexibility index (Phi) is 6.22. The molecule has 0 atom stereocenters. The Bertz CT molecular complexity index is 1210. The van der Waals surface area contributed by atoms with Crippen molar-refractivity contribution in [3.8, 4) is 0 Å². The molecule has 2 heterocycles. The third-order valence-electron chi connectivity index (χ3n) is 5.12. The first-order chi connectivity index (χ1) is 15.3. The van der Waals surface area contributed by atoms with Gasteiger partial charge in [0.1, 0.15) is 5.82 Å². The number of aryl methyl sites for hydroxylation is 1. The molecule has 10 heteroatoms. The van der Waals surface area contributed by atoms with Gasteiger partial charge in [0.05, 0.1) is 4.90 Å². The van der Waals surface area contributed by atoms with E-state index in [1.54, 1.807) is 24.3 Å². The highest BCUT2D eigenvalue weighted by molar-refractivity contribution is 7.92. The highest BCUT2D eigenvalue weighted by Crippen LogP contribution is 2.23. The zero-order valence-electron chi connectivity index (χ0n) is 17.5. The highest BCUT2D eigenvalue weighted by Gasteiger charge is 2.17. The first-order valence-electron chi connectivity index (χ1n) is 10.3. The minimum Gasteiger partial charge on any atom is -0.356 e. The molecule has 2 N–H and O–H groups in total. The molecule has 0 aliphatic carbocycles. The molecule has 1 saturated heterocycles. The maximum Gasteiger partial charge on any atom is 0.261 e. The normalized spacial score (nSPS) is 14.3. The van der Waals surface area contributed by atoms with Gasteiger partial charge in [0, 0.05) is 36.2 Å². The fourth-order valence-electron chi connectivity index (χ4n) is 3.50. The standard InChI is InChI=1S/C22H23F2N5O2S/c1-15-13-21(29-11-3-2-4-12-29)27-22(25-15)26-16-5-7-17(8-6-16)28-32(30,31)18-9-10-19(23)20(24)14-18/h5-10,13-14,28H,2-4,11-12H2,1H3,(H,25,26,27). The molecule has 168 valence electrons. The van der Waals surface area contributed by atoms with Gasteiger partial charge in [-0.2, -0.15) is 4.98 Å². The highest BCUT2D eigenvalue weighted by atomic mass is 32.2. The Balaban J connectivity index is 1.47. The van der Waals surface area contributed by atoms with E-state index in [9.17, 15) is 17.2 Å². The summed E-state index contributed by atoms with van der Waals surface area (Å²) in [7, 11) is -4.06. The quantitative estimate of drug-likeness (QED) is 0.560. The van der Waals surface area contributed by atoms with E-state index in [0.29, 0.717) is 17.7 Å². The molecule has 0 bridgehead atoms. The lowest BCUT2D eigenvalue weighted by molar-refractivity contribution is 0.504. The van der Waals surface area contributed by atoms with Crippen LogP contribution in [0, 0.1) is 18.6 Å². The van der Waals surface area contributed by atoms with Crippen molar-refractivity contribution in [2.45, 2.75) is 31.1 Å². The summed E-state index contributed by atoms with van der Waals surface area (Å²) in [6, 6.07) is 10.9. The number of anilines is 4. The molecule has 1 aromatic heterocycles. The number of sulfonamides is 1. The van der Waals surface area contributed by atoms with E-state index in [1.165, 1.54) is 6.42 Å². The average Bonchev–Trinajstić information content (AvgIpc) is 2.77. The number of nitrogens with zero attached hydrogens (tertiary/aromatic N) is 3. The average molecular weight is 460 g/mol. The fourth-order valence-corrected chi connectivity index (χ4v) is 4.57. The smallest absolute Gasteiger partial charge is 0.261 e. The Morgan fingerprint density at radius 1 is 0.875 bits per heavy atom. The zero-order valence-corrected chi connectivity index (χ0v) is 18.3. The molecule has 1 aliphatic heterocycles. The van der Waals surface area contributed by atoms with Gasteiger partial charge in [-0.25, -0.2) is 22.2 Å². The van der Waals surface area contributed by atoms with Crippen LogP contribution in [0.2, 0.25) is 0 Å². The predicted octanol–water partition coefficient (Wildman–Crippen LogP) is 4.60. The Labute approximate surface area is 185 Å². The van der Waals surface area contributed by atoms with Gasteiger partial charge >= 0.3 is 0 Å². The predicted molar refractivity (Wildman–Crippen MR) is 120 cm³/mol. The lowest BCUT2D eigenvalue weighted by Crippen LogP contribution is -2.30. The zero-order chi connectivity index (χ0) is 22.7. The molecule has 32 heavy (non-hydrogen) atoms. The number of nitrogens with one attached hydrogen (secondary N) is 2. The van der Waals surface area contributed by atoms with Gasteiger partial charge < -0.3 is 10.2 Å². The van der Waals surface area contributed by atoms with Crippen LogP contribution < -0.4 is 14.9 Å². The summed E-state index contributed by atoms with van der Waals surface area (Å²) in [5, 5.41) is 3.14. The van der Waals surface area contributed by atoms with Crippen LogP contribution in [0.1, 0.15) is 25.0 Å². The molecule has 7 nitrogen and oxygen atoms in total. The van der Waals surface area contributed by atoms with E-state index in [0.717, 1.165) is 49.6 Å². The molecule has 4 rings (SSSR count). The van der Waals surface area contributed by atoms with Crippen LogP contribution in [0.3, 0.4) is 0 Å². The van der Waals surface area contributed by atoms with Crippen LogP contribution in [0.4, 0.5) is 31.9 Å². The molecule has 1 fully saturated rings. The molecule has 0 saturated carbocycles. The molecule has 1 aliphatic rings. The third-order valence-corrected chi connectivity index (χ3v) is 6.49. The van der Waals surface area contributed by atoms with Crippen LogP contribution in [0.5, 0.6) is 0 Å². The van der Waals surface area contributed by atoms with Gasteiger partial charge in [0.25, 0.3) is 10.0 Å². The molecular weight excluding hydrogens is 436 g/mol. The van der Waals surface area contributed by atoms with E-state index in [1.807, 2.05) is 13.0 Å². The second-order valence-corrected chi connectivity index (χ2v) is 9.31. The van der Waals surface area contributed by atoms with Gasteiger partial charge in [-0.3, -0.25) is 4.72 Å². The SMILES string of the molecule is Cc1cc(N2CCCCC2)nc(Nc2ccc(NS(=O)(=O)c3ccc(F)c(F)c3)cc2)n1. The van der Waals surface area contributed by atoms with Crippen molar-refractivity contribution in [1.82, 2.24) is 9.97 Å². The second-order valence-electron chi connectivity index (χ2n) is 7.62. The van der Waals surface area contributed by atoms with Crippen molar-refractivity contribution in [1.29, 1.82) is 0 Å². The lowest BCUT2D eigenvalue weighted by atomic mass is 10.1. The van der Waals surface area contributed by atoms with Crippen LogP contribution in [-0.2, 0) is 10.0 Å². The fraction of sp³-hybridized carbons (Fsp3) is 0.273. The number of aromatic nitrogens is 2.